The molecule has 0 spiro atoms. The lowest BCUT2D eigenvalue weighted by molar-refractivity contribution is 0.102. The van der Waals surface area contributed by atoms with Crippen LogP contribution in [0.1, 0.15) is 39.9 Å². The van der Waals surface area contributed by atoms with Crippen molar-refractivity contribution in [3.63, 3.8) is 0 Å². The largest absolute Gasteiger partial charge is 0.322 e. The summed E-state index contributed by atoms with van der Waals surface area (Å²) in [5, 5.41) is 11.9. The first-order chi connectivity index (χ1) is 10.3. The van der Waals surface area contributed by atoms with Gasteiger partial charge in [-0.1, -0.05) is 18.2 Å². The third kappa shape index (κ3) is 2.80. The van der Waals surface area contributed by atoms with Gasteiger partial charge in [-0.2, -0.15) is 5.26 Å². The zero-order valence-corrected chi connectivity index (χ0v) is 11.7. The Kier molecular flexibility index (Phi) is 3.70. The third-order valence-corrected chi connectivity index (χ3v) is 3.90. The van der Waals surface area contributed by atoms with Gasteiger partial charge in [0.25, 0.3) is 5.91 Å². The predicted molar refractivity (Wildman–Crippen MR) is 82.2 cm³/mol. The molecule has 0 radical (unpaired) electrons. The van der Waals surface area contributed by atoms with Crippen molar-refractivity contribution < 1.29 is 4.79 Å². The molecule has 3 nitrogen and oxygen atoms in total. The maximum atomic E-state index is 12.3. The van der Waals surface area contributed by atoms with Crippen LogP contribution in [0, 0.1) is 11.3 Å². The van der Waals surface area contributed by atoms with Gasteiger partial charge in [0, 0.05) is 11.3 Å². The number of nitriles is 1. The minimum absolute atomic E-state index is 0.161. The van der Waals surface area contributed by atoms with E-state index in [1.54, 1.807) is 24.3 Å². The van der Waals surface area contributed by atoms with E-state index in [4.69, 9.17) is 5.26 Å². The van der Waals surface area contributed by atoms with Gasteiger partial charge in [0.15, 0.2) is 0 Å². The summed E-state index contributed by atoms with van der Waals surface area (Å²) in [5.41, 5.74) is 4.51. The van der Waals surface area contributed by atoms with Gasteiger partial charge in [0.05, 0.1) is 11.6 Å². The molecule has 104 valence electrons. The number of hydrogen-bond acceptors (Lipinski definition) is 2. The predicted octanol–water partition coefficient (Wildman–Crippen LogP) is 3.69. The second kappa shape index (κ2) is 5.80. The standard InChI is InChI=1S/C18H16N2O/c19-12-13-5-3-8-15(11-13)18(21)20-17-10-4-7-14-6-1-2-9-16(14)17/h3-5,7-8,10-11H,1-2,6,9H2,(H,20,21). The monoisotopic (exact) mass is 276 g/mol. The van der Waals surface area contributed by atoms with Crippen LogP contribution in [0.3, 0.4) is 0 Å². The number of aryl methyl sites for hydroxylation is 1. The highest BCUT2D eigenvalue weighted by Crippen LogP contribution is 2.28. The second-order valence-electron chi connectivity index (χ2n) is 5.30. The van der Waals surface area contributed by atoms with Crippen molar-refractivity contribution >= 4 is 11.6 Å². The van der Waals surface area contributed by atoms with Gasteiger partial charge >= 0.3 is 0 Å². The van der Waals surface area contributed by atoms with Crippen LogP contribution in [-0.2, 0) is 12.8 Å². The molecule has 3 heteroatoms. The van der Waals surface area contributed by atoms with Crippen molar-refractivity contribution in [2.24, 2.45) is 0 Å². The fourth-order valence-electron chi connectivity index (χ4n) is 2.82. The summed E-state index contributed by atoms with van der Waals surface area (Å²) in [4.78, 5) is 12.3. The molecule has 1 aliphatic carbocycles. The van der Waals surface area contributed by atoms with E-state index < -0.39 is 0 Å². The second-order valence-corrected chi connectivity index (χ2v) is 5.30. The lowest BCUT2D eigenvalue weighted by Gasteiger charge is -2.19. The highest BCUT2D eigenvalue weighted by Gasteiger charge is 2.15. The van der Waals surface area contributed by atoms with Gasteiger partial charge in [-0.05, 0) is 61.1 Å². The summed E-state index contributed by atoms with van der Waals surface area (Å²) in [7, 11) is 0. The number of anilines is 1. The molecular formula is C18H16N2O. The highest BCUT2D eigenvalue weighted by atomic mass is 16.1. The van der Waals surface area contributed by atoms with Gasteiger partial charge in [-0.15, -0.1) is 0 Å². The maximum absolute atomic E-state index is 12.3. The number of amides is 1. The van der Waals surface area contributed by atoms with Crippen LogP contribution in [0.25, 0.3) is 0 Å². The van der Waals surface area contributed by atoms with E-state index in [0.717, 1.165) is 18.5 Å². The number of carbonyl (C=O) groups excluding carboxylic acids is 1. The molecular weight excluding hydrogens is 260 g/mol. The van der Waals surface area contributed by atoms with E-state index >= 15 is 0 Å². The Hall–Kier alpha value is -2.60. The molecule has 2 aromatic rings. The number of rotatable bonds is 2. The molecule has 0 bridgehead atoms. The first-order valence-electron chi connectivity index (χ1n) is 7.20. The Labute approximate surface area is 124 Å². The van der Waals surface area contributed by atoms with Gasteiger partial charge in [-0.25, -0.2) is 0 Å². The van der Waals surface area contributed by atoms with E-state index in [1.165, 1.54) is 24.0 Å². The van der Waals surface area contributed by atoms with Crippen LogP contribution in [0.4, 0.5) is 5.69 Å². The molecule has 2 aromatic carbocycles. The number of carbonyl (C=O) groups is 1. The summed E-state index contributed by atoms with van der Waals surface area (Å²) in [6.45, 7) is 0. The van der Waals surface area contributed by atoms with Crippen molar-refractivity contribution in [1.82, 2.24) is 0 Å². The summed E-state index contributed by atoms with van der Waals surface area (Å²) < 4.78 is 0. The van der Waals surface area contributed by atoms with E-state index in [0.29, 0.717) is 11.1 Å². The number of nitrogens with zero attached hydrogens (tertiary/aromatic N) is 1. The molecule has 0 fully saturated rings. The van der Waals surface area contributed by atoms with Crippen LogP contribution >= 0.6 is 0 Å². The minimum Gasteiger partial charge on any atom is -0.322 e. The minimum atomic E-state index is -0.161. The number of fused-ring (bicyclic) bond motifs is 1. The van der Waals surface area contributed by atoms with Crippen molar-refractivity contribution in [2.45, 2.75) is 25.7 Å². The molecule has 0 saturated carbocycles. The molecule has 1 N–H and O–H groups in total. The van der Waals surface area contributed by atoms with Crippen molar-refractivity contribution in [1.29, 1.82) is 5.26 Å². The van der Waals surface area contributed by atoms with Crippen molar-refractivity contribution in [3.05, 3.63) is 64.7 Å². The Morgan fingerprint density at radius 2 is 1.90 bits per heavy atom. The SMILES string of the molecule is N#Cc1cccc(C(=O)Nc2cccc3c2CCCC3)c1. The Morgan fingerprint density at radius 1 is 1.10 bits per heavy atom. The molecule has 3 rings (SSSR count). The van der Waals surface area contributed by atoms with Crippen LogP contribution in [0.15, 0.2) is 42.5 Å². The van der Waals surface area contributed by atoms with Gasteiger partial charge < -0.3 is 5.32 Å². The van der Waals surface area contributed by atoms with Crippen LogP contribution in [-0.4, -0.2) is 5.91 Å². The van der Waals surface area contributed by atoms with E-state index in [-0.39, 0.29) is 5.91 Å². The maximum Gasteiger partial charge on any atom is 0.255 e. The fourth-order valence-corrected chi connectivity index (χ4v) is 2.82. The van der Waals surface area contributed by atoms with Crippen LogP contribution in [0.5, 0.6) is 0 Å². The molecule has 21 heavy (non-hydrogen) atoms. The molecule has 0 saturated heterocycles. The number of nitrogens with one attached hydrogen (secondary N) is 1. The summed E-state index contributed by atoms with van der Waals surface area (Å²) >= 11 is 0. The third-order valence-electron chi connectivity index (χ3n) is 3.90. The first kappa shape index (κ1) is 13.4. The molecule has 0 aliphatic heterocycles. The van der Waals surface area contributed by atoms with Crippen molar-refractivity contribution in [2.75, 3.05) is 5.32 Å². The molecule has 0 unspecified atom stereocenters. The van der Waals surface area contributed by atoms with Gasteiger partial charge in [-0.3, -0.25) is 4.79 Å². The zero-order valence-electron chi connectivity index (χ0n) is 11.7. The van der Waals surface area contributed by atoms with E-state index in [1.807, 2.05) is 12.1 Å². The quantitative estimate of drug-likeness (QED) is 0.909. The number of benzene rings is 2. The summed E-state index contributed by atoms with van der Waals surface area (Å²) in [6, 6.07) is 14.9. The Balaban J connectivity index is 1.87. The summed E-state index contributed by atoms with van der Waals surface area (Å²) in [5.74, 6) is -0.161. The van der Waals surface area contributed by atoms with E-state index in [2.05, 4.69) is 17.5 Å². The fraction of sp³-hybridized carbons (Fsp3) is 0.222. The molecule has 1 aliphatic rings. The molecule has 0 heterocycles. The summed E-state index contributed by atoms with van der Waals surface area (Å²) in [6.07, 6.45) is 4.49. The zero-order chi connectivity index (χ0) is 14.7. The molecule has 0 atom stereocenters. The number of hydrogen-bond donors (Lipinski definition) is 1. The van der Waals surface area contributed by atoms with Gasteiger partial charge in [0.2, 0.25) is 0 Å². The van der Waals surface area contributed by atoms with Gasteiger partial charge in [0.1, 0.15) is 0 Å². The molecule has 1 amide bonds. The lowest BCUT2D eigenvalue weighted by Crippen LogP contribution is -2.15. The van der Waals surface area contributed by atoms with Crippen LogP contribution in [0.2, 0.25) is 0 Å². The Bertz CT molecular complexity index is 728. The smallest absolute Gasteiger partial charge is 0.255 e. The van der Waals surface area contributed by atoms with E-state index in [9.17, 15) is 4.79 Å². The topological polar surface area (TPSA) is 52.9 Å². The first-order valence-corrected chi connectivity index (χ1v) is 7.20. The normalized spacial score (nSPS) is 13.1. The van der Waals surface area contributed by atoms with Crippen LogP contribution < -0.4 is 5.32 Å². The molecule has 0 aromatic heterocycles. The average Bonchev–Trinajstić information content (AvgIpc) is 2.55. The average molecular weight is 276 g/mol. The van der Waals surface area contributed by atoms with Crippen molar-refractivity contribution in [3.8, 4) is 6.07 Å². The highest BCUT2D eigenvalue weighted by molar-refractivity contribution is 6.04. The Morgan fingerprint density at radius 3 is 2.76 bits per heavy atom. The lowest BCUT2D eigenvalue weighted by atomic mass is 9.90.